The zero-order chi connectivity index (χ0) is 13.7. The van der Waals surface area contributed by atoms with Gasteiger partial charge in [-0.05, 0) is 49.9 Å². The number of nitrogens with one attached hydrogen (secondary N) is 2. The number of furan rings is 1. The van der Waals surface area contributed by atoms with Crippen LogP contribution in [0.2, 0.25) is 0 Å². The Bertz CT molecular complexity index is 676. The Morgan fingerprint density at radius 1 is 1.40 bits per heavy atom. The van der Waals surface area contributed by atoms with Crippen molar-refractivity contribution in [2.24, 2.45) is 0 Å². The summed E-state index contributed by atoms with van der Waals surface area (Å²) < 4.78 is 5.42. The highest BCUT2D eigenvalue weighted by atomic mass is 16.3. The smallest absolute Gasteiger partial charge is 0.251 e. The molecule has 1 aromatic heterocycles. The van der Waals surface area contributed by atoms with Crippen LogP contribution >= 0.6 is 0 Å². The molecule has 4 heteroatoms. The second-order valence-corrected chi connectivity index (χ2v) is 5.99. The van der Waals surface area contributed by atoms with E-state index in [2.05, 4.69) is 10.6 Å². The van der Waals surface area contributed by atoms with Crippen molar-refractivity contribution in [2.45, 2.75) is 44.3 Å². The number of benzene rings is 1. The van der Waals surface area contributed by atoms with Gasteiger partial charge in [0.15, 0.2) is 0 Å². The van der Waals surface area contributed by atoms with E-state index in [-0.39, 0.29) is 11.9 Å². The Balaban J connectivity index is 1.56. The SMILES string of the molecule is Cc1coc2ccc(C(=O)N[C@@H]3C[C@H]4CC[C@@H]3N4)cc12. The standard InChI is InChI=1S/C16H18N2O2/c1-9-8-20-15-5-2-10(6-12(9)15)16(19)18-14-7-11-3-4-13(14)17-11/h2,5-6,8,11,13-14,17H,3-4,7H2,1H3,(H,18,19)/t11-,13+,14-/m1/s1. The largest absolute Gasteiger partial charge is 0.464 e. The fraction of sp³-hybridized carbons (Fsp3) is 0.438. The molecule has 104 valence electrons. The number of hydrogen-bond donors (Lipinski definition) is 2. The summed E-state index contributed by atoms with van der Waals surface area (Å²) in [7, 11) is 0. The summed E-state index contributed by atoms with van der Waals surface area (Å²) in [6.07, 6.45) is 5.21. The predicted molar refractivity (Wildman–Crippen MR) is 76.8 cm³/mol. The van der Waals surface area contributed by atoms with Crippen LogP contribution in [0.3, 0.4) is 0 Å². The van der Waals surface area contributed by atoms with E-state index in [1.165, 1.54) is 12.8 Å². The van der Waals surface area contributed by atoms with Crippen LogP contribution in [0.25, 0.3) is 11.0 Å². The zero-order valence-electron chi connectivity index (χ0n) is 11.5. The molecule has 1 amide bonds. The average Bonchev–Trinajstić information content (AvgIpc) is 3.15. The Kier molecular flexibility index (Phi) is 2.60. The van der Waals surface area contributed by atoms with Gasteiger partial charge in [0.05, 0.1) is 6.26 Å². The summed E-state index contributed by atoms with van der Waals surface area (Å²) in [5.74, 6) is 0.0202. The van der Waals surface area contributed by atoms with Crippen molar-refractivity contribution in [3.8, 4) is 0 Å². The van der Waals surface area contributed by atoms with Gasteiger partial charge in [0.25, 0.3) is 5.91 Å². The molecule has 2 aliphatic rings. The molecule has 2 fully saturated rings. The van der Waals surface area contributed by atoms with Gasteiger partial charge in [-0.25, -0.2) is 0 Å². The van der Waals surface area contributed by atoms with Crippen molar-refractivity contribution in [2.75, 3.05) is 0 Å². The molecule has 0 radical (unpaired) electrons. The van der Waals surface area contributed by atoms with Crippen LogP contribution in [-0.2, 0) is 0 Å². The number of amides is 1. The van der Waals surface area contributed by atoms with E-state index in [0.29, 0.717) is 17.6 Å². The van der Waals surface area contributed by atoms with E-state index in [1.807, 2.05) is 25.1 Å². The van der Waals surface area contributed by atoms with Crippen molar-refractivity contribution in [1.82, 2.24) is 10.6 Å². The number of rotatable bonds is 2. The second-order valence-electron chi connectivity index (χ2n) is 5.99. The van der Waals surface area contributed by atoms with Gasteiger partial charge < -0.3 is 15.1 Å². The molecule has 0 unspecified atom stereocenters. The fourth-order valence-corrected chi connectivity index (χ4v) is 3.53. The molecule has 0 saturated carbocycles. The van der Waals surface area contributed by atoms with Crippen molar-refractivity contribution >= 4 is 16.9 Å². The highest BCUT2D eigenvalue weighted by Crippen LogP contribution is 2.28. The molecule has 20 heavy (non-hydrogen) atoms. The molecule has 0 aliphatic carbocycles. The third-order valence-corrected chi connectivity index (χ3v) is 4.65. The predicted octanol–water partition coefficient (Wildman–Crippen LogP) is 2.36. The first-order chi connectivity index (χ1) is 9.70. The first-order valence-corrected chi connectivity index (χ1v) is 7.25. The Labute approximate surface area is 117 Å². The summed E-state index contributed by atoms with van der Waals surface area (Å²) in [6, 6.07) is 6.97. The lowest BCUT2D eigenvalue weighted by atomic mass is 9.95. The number of aryl methyl sites for hydroxylation is 1. The van der Waals surface area contributed by atoms with Crippen LogP contribution in [0, 0.1) is 6.92 Å². The topological polar surface area (TPSA) is 54.3 Å². The molecule has 1 aromatic carbocycles. The van der Waals surface area contributed by atoms with Crippen LogP contribution in [0.15, 0.2) is 28.9 Å². The maximum Gasteiger partial charge on any atom is 0.251 e. The summed E-state index contributed by atoms with van der Waals surface area (Å²) in [6.45, 7) is 1.99. The minimum atomic E-state index is 0.0202. The molecule has 2 aliphatic heterocycles. The van der Waals surface area contributed by atoms with Gasteiger partial charge in [0.1, 0.15) is 5.58 Å². The quantitative estimate of drug-likeness (QED) is 0.881. The minimum Gasteiger partial charge on any atom is -0.464 e. The molecule has 3 atom stereocenters. The lowest BCUT2D eigenvalue weighted by Crippen LogP contribution is -2.42. The molecule has 0 spiro atoms. The van der Waals surface area contributed by atoms with Gasteiger partial charge in [-0.2, -0.15) is 0 Å². The van der Waals surface area contributed by atoms with Crippen molar-refractivity contribution in [3.05, 3.63) is 35.6 Å². The molecule has 2 aromatic rings. The van der Waals surface area contributed by atoms with Crippen LogP contribution in [0.4, 0.5) is 0 Å². The third-order valence-electron chi connectivity index (χ3n) is 4.65. The van der Waals surface area contributed by atoms with Gasteiger partial charge in [-0.3, -0.25) is 4.79 Å². The summed E-state index contributed by atoms with van der Waals surface area (Å²) >= 11 is 0. The number of fused-ring (bicyclic) bond motifs is 3. The van der Waals surface area contributed by atoms with Crippen molar-refractivity contribution in [3.63, 3.8) is 0 Å². The van der Waals surface area contributed by atoms with E-state index in [9.17, 15) is 4.79 Å². The summed E-state index contributed by atoms with van der Waals surface area (Å²) in [4.78, 5) is 12.4. The highest BCUT2D eigenvalue weighted by Gasteiger charge is 2.39. The van der Waals surface area contributed by atoms with E-state index in [0.717, 1.165) is 23.0 Å². The van der Waals surface area contributed by atoms with Crippen LogP contribution < -0.4 is 10.6 Å². The molecule has 2 N–H and O–H groups in total. The molecular weight excluding hydrogens is 252 g/mol. The van der Waals surface area contributed by atoms with Gasteiger partial charge in [-0.1, -0.05) is 0 Å². The van der Waals surface area contributed by atoms with Gasteiger partial charge in [-0.15, -0.1) is 0 Å². The third kappa shape index (κ3) is 1.83. The Morgan fingerprint density at radius 3 is 3.05 bits per heavy atom. The number of carbonyl (C=O) groups excluding carboxylic acids is 1. The van der Waals surface area contributed by atoms with Crippen molar-refractivity contribution in [1.29, 1.82) is 0 Å². The summed E-state index contributed by atoms with van der Waals surface area (Å²) in [5, 5.41) is 7.73. The molecule has 3 heterocycles. The van der Waals surface area contributed by atoms with Gasteiger partial charge in [0.2, 0.25) is 0 Å². The molecular formula is C16H18N2O2. The van der Waals surface area contributed by atoms with E-state index >= 15 is 0 Å². The first-order valence-electron chi connectivity index (χ1n) is 7.25. The van der Waals surface area contributed by atoms with Gasteiger partial charge in [0, 0.05) is 29.1 Å². The van der Waals surface area contributed by atoms with Crippen LogP contribution in [0.1, 0.15) is 35.2 Å². The second kappa shape index (κ2) is 4.35. The van der Waals surface area contributed by atoms with Crippen LogP contribution in [-0.4, -0.2) is 24.0 Å². The van der Waals surface area contributed by atoms with Crippen LogP contribution in [0.5, 0.6) is 0 Å². The minimum absolute atomic E-state index is 0.0202. The Hall–Kier alpha value is -1.81. The molecule has 2 saturated heterocycles. The maximum atomic E-state index is 12.4. The average molecular weight is 270 g/mol. The number of hydrogen-bond acceptors (Lipinski definition) is 3. The highest BCUT2D eigenvalue weighted by molar-refractivity contribution is 5.98. The normalized spacial score (nSPS) is 28.1. The van der Waals surface area contributed by atoms with Crippen molar-refractivity contribution < 1.29 is 9.21 Å². The number of carbonyl (C=O) groups is 1. The molecule has 4 nitrogen and oxygen atoms in total. The van der Waals surface area contributed by atoms with E-state index in [4.69, 9.17) is 4.42 Å². The fourth-order valence-electron chi connectivity index (χ4n) is 3.53. The summed E-state index contributed by atoms with van der Waals surface area (Å²) in [5.41, 5.74) is 2.61. The maximum absolute atomic E-state index is 12.4. The van der Waals surface area contributed by atoms with Gasteiger partial charge >= 0.3 is 0 Å². The zero-order valence-corrected chi connectivity index (χ0v) is 11.5. The monoisotopic (exact) mass is 270 g/mol. The molecule has 2 bridgehead atoms. The Morgan fingerprint density at radius 2 is 2.30 bits per heavy atom. The first kappa shape index (κ1) is 12.0. The van der Waals surface area contributed by atoms with E-state index in [1.54, 1.807) is 6.26 Å². The van der Waals surface area contributed by atoms with E-state index < -0.39 is 0 Å². The molecule has 4 rings (SSSR count). The lowest BCUT2D eigenvalue weighted by molar-refractivity contribution is 0.0931. The lowest BCUT2D eigenvalue weighted by Gasteiger charge is -2.21.